The number of oxime groups is 1. The van der Waals surface area contributed by atoms with Crippen LogP contribution in [-0.2, 0) is 9.63 Å². The van der Waals surface area contributed by atoms with Crippen molar-refractivity contribution in [3.63, 3.8) is 0 Å². The zero-order chi connectivity index (χ0) is 25.1. The molecule has 1 saturated heterocycles. The quantitative estimate of drug-likeness (QED) is 0.488. The number of amides is 1. The second-order valence-corrected chi connectivity index (χ2v) is 9.73. The van der Waals surface area contributed by atoms with Crippen LogP contribution in [0.2, 0.25) is 5.02 Å². The lowest BCUT2D eigenvalue weighted by molar-refractivity contribution is -0.134. The molecule has 0 spiro atoms. The lowest BCUT2D eigenvalue weighted by atomic mass is 9.97. The van der Waals surface area contributed by atoms with Crippen LogP contribution in [0.4, 0.5) is 0 Å². The van der Waals surface area contributed by atoms with Crippen molar-refractivity contribution in [2.75, 3.05) is 26.8 Å². The molecule has 0 saturated carbocycles. The predicted octanol–water partition coefficient (Wildman–Crippen LogP) is 3.95. The molecule has 12 heteroatoms. The minimum absolute atomic E-state index is 0.0657. The number of thiazole rings is 1. The largest absolute Gasteiger partial charge is 0.507 e. The van der Waals surface area contributed by atoms with E-state index in [1.54, 1.807) is 29.5 Å². The van der Waals surface area contributed by atoms with Crippen molar-refractivity contribution >= 4 is 34.6 Å². The topological polar surface area (TPSA) is 119 Å². The Labute approximate surface area is 216 Å². The van der Waals surface area contributed by atoms with Gasteiger partial charge >= 0.3 is 6.01 Å². The number of carbonyl (C=O) groups is 1. The smallest absolute Gasteiger partial charge is 0.316 e. The minimum atomic E-state index is -0.445. The number of piperidine rings is 1. The van der Waals surface area contributed by atoms with E-state index in [9.17, 15) is 9.90 Å². The van der Waals surface area contributed by atoms with Gasteiger partial charge in [-0.2, -0.15) is 9.97 Å². The summed E-state index contributed by atoms with van der Waals surface area (Å²) in [5, 5.41) is 17.8. The molecule has 5 rings (SSSR count). The van der Waals surface area contributed by atoms with E-state index in [1.165, 1.54) is 19.5 Å². The van der Waals surface area contributed by atoms with E-state index in [2.05, 4.69) is 15.1 Å². The molecule has 2 aliphatic rings. The number of aromatic hydroxyl groups is 1. The molecular formula is C24H24ClN5O5S. The van der Waals surface area contributed by atoms with Gasteiger partial charge in [-0.05, 0) is 25.0 Å². The number of ether oxygens (including phenoxy) is 2. The lowest BCUT2D eigenvalue weighted by Gasteiger charge is -2.31. The summed E-state index contributed by atoms with van der Waals surface area (Å²) in [6.07, 6.45) is 4.63. The Morgan fingerprint density at radius 2 is 2.06 bits per heavy atom. The standard InChI is InChI=1S/C24H24ClN5O5S/c1-33-24-26-10-15(11-27-24)34-12-21(32)30-7-5-14(6-8-30)23-28-18(13-36-23)17-9-20(35-29-17)22-16(25)3-2-4-19(22)31/h2-4,10-11,13-14,20,31H,5-9,12H2,1H3. The van der Waals surface area contributed by atoms with Crippen LogP contribution < -0.4 is 9.47 Å². The summed E-state index contributed by atoms with van der Waals surface area (Å²) in [5.41, 5.74) is 2.04. The van der Waals surface area contributed by atoms with Crippen LogP contribution in [0.1, 0.15) is 47.5 Å². The van der Waals surface area contributed by atoms with Crippen LogP contribution in [0, 0.1) is 0 Å². The maximum Gasteiger partial charge on any atom is 0.316 e. The SMILES string of the molecule is COc1ncc(OCC(=O)N2CCC(c3nc(C4=NOC(c5c(O)cccc5Cl)C4)cs3)CC2)cn1. The lowest BCUT2D eigenvalue weighted by Crippen LogP contribution is -2.40. The molecule has 3 aromatic rings. The summed E-state index contributed by atoms with van der Waals surface area (Å²) in [6, 6.07) is 5.23. The molecule has 188 valence electrons. The van der Waals surface area contributed by atoms with Crippen LogP contribution in [0.5, 0.6) is 17.5 Å². The molecule has 4 heterocycles. The average molecular weight is 530 g/mol. The number of halogens is 1. The van der Waals surface area contributed by atoms with Gasteiger partial charge < -0.3 is 24.3 Å². The van der Waals surface area contributed by atoms with Gasteiger partial charge in [0.2, 0.25) is 0 Å². The Bertz CT molecular complexity index is 1240. The number of hydrogen-bond donors (Lipinski definition) is 1. The van der Waals surface area contributed by atoms with E-state index in [0.717, 1.165) is 29.3 Å². The number of likely N-dealkylation sites (tertiary alicyclic amines) is 1. The van der Waals surface area contributed by atoms with Gasteiger partial charge in [0.05, 0.1) is 40.8 Å². The normalized spacial score (nSPS) is 18.0. The number of phenols is 1. The number of hydrogen-bond acceptors (Lipinski definition) is 10. The van der Waals surface area contributed by atoms with Crippen LogP contribution in [-0.4, -0.2) is 63.4 Å². The highest BCUT2D eigenvalue weighted by molar-refractivity contribution is 7.10. The van der Waals surface area contributed by atoms with Gasteiger partial charge in [0, 0.05) is 30.8 Å². The van der Waals surface area contributed by atoms with Crippen molar-refractivity contribution in [2.24, 2.45) is 5.16 Å². The first kappa shape index (κ1) is 24.3. The van der Waals surface area contributed by atoms with Gasteiger partial charge in [0.15, 0.2) is 18.5 Å². The molecule has 10 nitrogen and oxygen atoms in total. The van der Waals surface area contributed by atoms with Crippen LogP contribution >= 0.6 is 22.9 Å². The number of nitrogens with zero attached hydrogens (tertiary/aromatic N) is 5. The first-order valence-corrected chi connectivity index (χ1v) is 12.7. The average Bonchev–Trinajstić information content (AvgIpc) is 3.58. The third-order valence-corrected chi connectivity index (χ3v) is 7.52. The molecule has 2 aliphatic heterocycles. The third-order valence-electron chi connectivity index (χ3n) is 6.18. The van der Waals surface area contributed by atoms with Gasteiger partial charge in [0.1, 0.15) is 11.5 Å². The fourth-order valence-corrected chi connectivity index (χ4v) is 5.52. The molecule has 1 amide bonds. The van der Waals surface area contributed by atoms with E-state index >= 15 is 0 Å². The molecule has 1 unspecified atom stereocenters. The van der Waals surface area contributed by atoms with E-state index in [0.29, 0.717) is 35.8 Å². The Kier molecular flexibility index (Phi) is 7.19. The number of aromatic nitrogens is 3. The number of rotatable bonds is 7. The molecule has 1 fully saturated rings. The van der Waals surface area contributed by atoms with Crippen LogP contribution in [0.25, 0.3) is 0 Å². The van der Waals surface area contributed by atoms with Crippen molar-refractivity contribution in [3.05, 3.63) is 57.3 Å². The fraction of sp³-hybridized carbons (Fsp3) is 0.375. The molecular weight excluding hydrogens is 506 g/mol. The van der Waals surface area contributed by atoms with Crippen molar-refractivity contribution in [1.29, 1.82) is 0 Å². The maximum atomic E-state index is 12.6. The zero-order valence-corrected chi connectivity index (χ0v) is 21.0. The van der Waals surface area contributed by atoms with Crippen molar-refractivity contribution in [3.8, 4) is 17.5 Å². The molecule has 0 bridgehead atoms. The van der Waals surface area contributed by atoms with Gasteiger partial charge in [-0.15, -0.1) is 11.3 Å². The van der Waals surface area contributed by atoms with Crippen molar-refractivity contribution in [1.82, 2.24) is 19.9 Å². The summed E-state index contributed by atoms with van der Waals surface area (Å²) in [4.78, 5) is 32.7. The number of phenolic OH excluding ortho intramolecular Hbond substituents is 1. The fourth-order valence-electron chi connectivity index (χ4n) is 4.23. The van der Waals surface area contributed by atoms with Gasteiger partial charge in [0.25, 0.3) is 5.91 Å². The highest BCUT2D eigenvalue weighted by atomic mass is 35.5. The second-order valence-electron chi connectivity index (χ2n) is 8.43. The van der Waals surface area contributed by atoms with Gasteiger partial charge in [-0.1, -0.05) is 22.8 Å². The number of benzene rings is 1. The zero-order valence-electron chi connectivity index (χ0n) is 19.5. The van der Waals surface area contributed by atoms with Crippen LogP contribution in [0.15, 0.2) is 41.1 Å². The molecule has 1 N–H and O–H groups in total. The first-order valence-electron chi connectivity index (χ1n) is 11.4. The summed E-state index contributed by atoms with van der Waals surface area (Å²) < 4.78 is 10.4. The summed E-state index contributed by atoms with van der Waals surface area (Å²) in [5.74, 6) is 0.706. The number of carbonyl (C=O) groups excluding carboxylic acids is 1. The van der Waals surface area contributed by atoms with Gasteiger partial charge in [-0.25, -0.2) is 4.98 Å². The predicted molar refractivity (Wildman–Crippen MR) is 133 cm³/mol. The molecule has 2 aromatic heterocycles. The Morgan fingerprint density at radius 3 is 2.78 bits per heavy atom. The van der Waals surface area contributed by atoms with E-state index in [-0.39, 0.29) is 30.2 Å². The van der Waals surface area contributed by atoms with Gasteiger partial charge in [-0.3, -0.25) is 4.79 Å². The Hall–Kier alpha value is -3.44. The molecule has 36 heavy (non-hydrogen) atoms. The highest BCUT2D eigenvalue weighted by Crippen LogP contribution is 2.39. The van der Waals surface area contributed by atoms with E-state index in [4.69, 9.17) is 30.9 Å². The molecule has 1 atom stereocenters. The third kappa shape index (κ3) is 5.21. The summed E-state index contributed by atoms with van der Waals surface area (Å²) in [7, 11) is 1.48. The molecule has 0 radical (unpaired) electrons. The van der Waals surface area contributed by atoms with E-state index in [1.807, 2.05) is 10.3 Å². The monoisotopic (exact) mass is 529 g/mol. The van der Waals surface area contributed by atoms with Crippen LogP contribution in [0.3, 0.4) is 0 Å². The summed E-state index contributed by atoms with van der Waals surface area (Å²) >= 11 is 7.85. The first-order chi connectivity index (χ1) is 17.5. The Balaban J connectivity index is 1.12. The number of methoxy groups -OCH3 is 1. The molecule has 0 aliphatic carbocycles. The minimum Gasteiger partial charge on any atom is -0.507 e. The summed E-state index contributed by atoms with van der Waals surface area (Å²) in [6.45, 7) is 1.21. The highest BCUT2D eigenvalue weighted by Gasteiger charge is 2.31. The van der Waals surface area contributed by atoms with E-state index < -0.39 is 6.10 Å². The van der Waals surface area contributed by atoms with Crippen molar-refractivity contribution in [2.45, 2.75) is 31.3 Å². The maximum absolute atomic E-state index is 12.6. The molecule has 1 aromatic carbocycles. The second kappa shape index (κ2) is 10.7. The Morgan fingerprint density at radius 1 is 1.28 bits per heavy atom. The van der Waals surface area contributed by atoms with Crippen molar-refractivity contribution < 1.29 is 24.2 Å².